The molecule has 2 atom stereocenters. The first-order valence-corrected chi connectivity index (χ1v) is 7.13. The van der Waals surface area contributed by atoms with Crippen molar-refractivity contribution in [3.05, 3.63) is 11.6 Å². The van der Waals surface area contributed by atoms with Gasteiger partial charge in [0.1, 0.15) is 0 Å². The van der Waals surface area contributed by atoms with E-state index in [1.165, 1.54) is 25.0 Å². The van der Waals surface area contributed by atoms with Crippen molar-refractivity contribution in [3.8, 4) is 0 Å². The van der Waals surface area contributed by atoms with Crippen molar-refractivity contribution in [1.29, 1.82) is 0 Å². The van der Waals surface area contributed by atoms with Crippen LogP contribution in [-0.4, -0.2) is 36.6 Å². The zero-order valence-corrected chi connectivity index (χ0v) is 12.3. The molecule has 1 rings (SSSR count). The van der Waals surface area contributed by atoms with E-state index in [0.29, 0.717) is 12.1 Å². The van der Waals surface area contributed by atoms with Gasteiger partial charge in [-0.25, -0.2) is 0 Å². The van der Waals surface area contributed by atoms with Gasteiger partial charge in [-0.1, -0.05) is 32.4 Å². The van der Waals surface area contributed by atoms with Crippen LogP contribution in [0, 0.1) is 5.92 Å². The third-order valence-corrected chi connectivity index (χ3v) is 3.58. The van der Waals surface area contributed by atoms with E-state index in [0.717, 1.165) is 19.0 Å². The normalized spacial score (nSPS) is 26.2. The zero-order valence-electron chi connectivity index (χ0n) is 12.3. The van der Waals surface area contributed by atoms with Crippen LogP contribution in [0.25, 0.3) is 0 Å². The summed E-state index contributed by atoms with van der Waals surface area (Å²) in [4.78, 5) is 2.66. The predicted molar refractivity (Wildman–Crippen MR) is 76.3 cm³/mol. The fourth-order valence-corrected chi connectivity index (χ4v) is 2.50. The number of hydrogen-bond acceptors (Lipinski definition) is 2. The minimum atomic E-state index is 0.684. The molecule has 0 bridgehead atoms. The Morgan fingerprint density at radius 2 is 2.12 bits per heavy atom. The van der Waals surface area contributed by atoms with E-state index in [4.69, 9.17) is 0 Å². The lowest BCUT2D eigenvalue weighted by Crippen LogP contribution is -2.56. The van der Waals surface area contributed by atoms with Crippen molar-refractivity contribution in [2.24, 2.45) is 5.92 Å². The Balaban J connectivity index is 2.57. The Morgan fingerprint density at radius 3 is 2.65 bits per heavy atom. The van der Waals surface area contributed by atoms with E-state index < -0.39 is 0 Å². The molecule has 100 valence electrons. The third kappa shape index (κ3) is 5.22. The smallest absolute Gasteiger partial charge is 0.0227 e. The van der Waals surface area contributed by atoms with E-state index in [1.807, 2.05) is 0 Å². The van der Waals surface area contributed by atoms with Crippen LogP contribution in [0.1, 0.15) is 47.5 Å². The van der Waals surface area contributed by atoms with Crippen LogP contribution in [-0.2, 0) is 0 Å². The number of nitrogens with one attached hydrogen (secondary N) is 1. The van der Waals surface area contributed by atoms with Crippen molar-refractivity contribution in [2.75, 3.05) is 19.6 Å². The maximum absolute atomic E-state index is 3.68. The van der Waals surface area contributed by atoms with Crippen molar-refractivity contribution in [1.82, 2.24) is 10.2 Å². The molecule has 0 aromatic rings. The molecule has 1 heterocycles. The SMILES string of the molecule is CCC1CN(CC=C(C)C)C(CC(C)C)CN1. The van der Waals surface area contributed by atoms with Crippen LogP contribution >= 0.6 is 0 Å². The zero-order chi connectivity index (χ0) is 12.8. The van der Waals surface area contributed by atoms with E-state index in [2.05, 4.69) is 50.9 Å². The number of nitrogens with zero attached hydrogens (tertiary/aromatic N) is 1. The van der Waals surface area contributed by atoms with Gasteiger partial charge in [0.2, 0.25) is 0 Å². The quantitative estimate of drug-likeness (QED) is 0.741. The Bertz CT molecular complexity index is 241. The number of hydrogen-bond donors (Lipinski definition) is 1. The molecular formula is C15H30N2. The summed E-state index contributed by atoms with van der Waals surface area (Å²) in [5.74, 6) is 0.786. The van der Waals surface area contributed by atoms with E-state index >= 15 is 0 Å². The molecule has 1 aliphatic rings. The summed E-state index contributed by atoms with van der Waals surface area (Å²) in [5, 5.41) is 3.68. The maximum Gasteiger partial charge on any atom is 0.0227 e. The second-order valence-electron chi connectivity index (χ2n) is 6.03. The van der Waals surface area contributed by atoms with E-state index in [9.17, 15) is 0 Å². The van der Waals surface area contributed by atoms with Gasteiger partial charge in [-0.05, 0) is 32.6 Å². The Kier molecular flexibility index (Phi) is 6.21. The van der Waals surface area contributed by atoms with Gasteiger partial charge in [-0.2, -0.15) is 0 Å². The fraction of sp³-hybridized carbons (Fsp3) is 0.867. The van der Waals surface area contributed by atoms with Crippen LogP contribution in [0.4, 0.5) is 0 Å². The van der Waals surface area contributed by atoms with E-state index in [1.54, 1.807) is 0 Å². The maximum atomic E-state index is 3.68. The highest BCUT2D eigenvalue weighted by Gasteiger charge is 2.26. The van der Waals surface area contributed by atoms with Crippen molar-refractivity contribution >= 4 is 0 Å². The van der Waals surface area contributed by atoms with Crippen LogP contribution in [0.3, 0.4) is 0 Å². The highest BCUT2D eigenvalue weighted by Crippen LogP contribution is 2.16. The average Bonchev–Trinajstić information content (AvgIpc) is 2.27. The van der Waals surface area contributed by atoms with Crippen LogP contribution < -0.4 is 5.32 Å². The summed E-state index contributed by atoms with van der Waals surface area (Å²) in [6.07, 6.45) is 4.91. The Labute approximate surface area is 107 Å². The van der Waals surface area contributed by atoms with Crippen LogP contribution in [0.5, 0.6) is 0 Å². The molecule has 1 fully saturated rings. The number of piperazine rings is 1. The molecule has 0 radical (unpaired) electrons. The molecule has 2 unspecified atom stereocenters. The van der Waals surface area contributed by atoms with Gasteiger partial charge in [0, 0.05) is 31.7 Å². The van der Waals surface area contributed by atoms with Crippen LogP contribution in [0.2, 0.25) is 0 Å². The minimum absolute atomic E-state index is 0.684. The predicted octanol–water partition coefficient (Wildman–Crippen LogP) is 3.05. The molecule has 1 aliphatic heterocycles. The van der Waals surface area contributed by atoms with Gasteiger partial charge in [0.05, 0.1) is 0 Å². The molecule has 0 aromatic carbocycles. The molecule has 0 amide bonds. The molecule has 2 nitrogen and oxygen atoms in total. The first kappa shape index (κ1) is 14.7. The average molecular weight is 238 g/mol. The van der Waals surface area contributed by atoms with Gasteiger partial charge in [-0.3, -0.25) is 4.90 Å². The largest absolute Gasteiger partial charge is 0.311 e. The molecule has 0 aromatic heterocycles. The Hall–Kier alpha value is -0.340. The first-order valence-electron chi connectivity index (χ1n) is 7.13. The minimum Gasteiger partial charge on any atom is -0.311 e. The summed E-state index contributed by atoms with van der Waals surface area (Å²) in [5.41, 5.74) is 1.43. The highest BCUT2D eigenvalue weighted by molar-refractivity contribution is 4.98. The summed E-state index contributed by atoms with van der Waals surface area (Å²) in [6, 6.07) is 1.40. The molecule has 17 heavy (non-hydrogen) atoms. The van der Waals surface area contributed by atoms with Gasteiger partial charge in [0.25, 0.3) is 0 Å². The topological polar surface area (TPSA) is 15.3 Å². The molecular weight excluding hydrogens is 208 g/mol. The fourth-order valence-electron chi connectivity index (χ4n) is 2.50. The van der Waals surface area contributed by atoms with Crippen molar-refractivity contribution in [2.45, 2.75) is 59.5 Å². The lowest BCUT2D eigenvalue weighted by molar-refractivity contribution is 0.126. The van der Waals surface area contributed by atoms with Crippen molar-refractivity contribution < 1.29 is 0 Å². The monoisotopic (exact) mass is 238 g/mol. The summed E-state index contributed by atoms with van der Waals surface area (Å²) < 4.78 is 0. The molecule has 1 saturated heterocycles. The second-order valence-corrected chi connectivity index (χ2v) is 6.03. The van der Waals surface area contributed by atoms with E-state index in [-0.39, 0.29) is 0 Å². The number of rotatable bonds is 5. The molecule has 2 heteroatoms. The lowest BCUT2D eigenvalue weighted by atomic mass is 9.98. The standard InChI is InChI=1S/C15H30N2/c1-6-14-11-17(8-7-12(2)3)15(10-16-14)9-13(4)5/h7,13-16H,6,8-11H2,1-5H3. The molecule has 0 spiro atoms. The van der Waals surface area contributed by atoms with Gasteiger partial charge < -0.3 is 5.32 Å². The highest BCUT2D eigenvalue weighted by atomic mass is 15.2. The van der Waals surface area contributed by atoms with Crippen molar-refractivity contribution in [3.63, 3.8) is 0 Å². The third-order valence-electron chi connectivity index (χ3n) is 3.58. The molecule has 1 N–H and O–H groups in total. The Morgan fingerprint density at radius 1 is 1.41 bits per heavy atom. The van der Waals surface area contributed by atoms with Gasteiger partial charge >= 0.3 is 0 Å². The molecule has 0 aliphatic carbocycles. The summed E-state index contributed by atoms with van der Waals surface area (Å²) in [6.45, 7) is 14.8. The number of allylic oxidation sites excluding steroid dienone is 1. The summed E-state index contributed by atoms with van der Waals surface area (Å²) in [7, 11) is 0. The second kappa shape index (κ2) is 7.17. The first-order chi connectivity index (χ1) is 8.02. The lowest BCUT2D eigenvalue weighted by Gasteiger charge is -2.40. The van der Waals surface area contributed by atoms with Crippen LogP contribution in [0.15, 0.2) is 11.6 Å². The molecule has 0 saturated carbocycles. The van der Waals surface area contributed by atoms with Gasteiger partial charge in [-0.15, -0.1) is 0 Å². The summed E-state index contributed by atoms with van der Waals surface area (Å²) >= 11 is 0. The van der Waals surface area contributed by atoms with Gasteiger partial charge in [0.15, 0.2) is 0 Å².